The van der Waals surface area contributed by atoms with Gasteiger partial charge in [0.1, 0.15) is 5.82 Å². The predicted octanol–water partition coefficient (Wildman–Crippen LogP) is 3.11. The lowest BCUT2D eigenvalue weighted by atomic mass is 9.89. The Hall–Kier alpha value is -1.88. The molecule has 0 saturated heterocycles. The van der Waals surface area contributed by atoms with Crippen molar-refractivity contribution in [3.63, 3.8) is 0 Å². The van der Waals surface area contributed by atoms with E-state index in [1.165, 1.54) is 0 Å². The number of carbonyl (C=O) groups is 1. The van der Waals surface area contributed by atoms with E-state index in [2.05, 4.69) is 18.8 Å². The van der Waals surface area contributed by atoms with Crippen LogP contribution in [0.5, 0.6) is 0 Å². The van der Waals surface area contributed by atoms with Crippen molar-refractivity contribution < 1.29 is 14.6 Å². The van der Waals surface area contributed by atoms with E-state index < -0.39 is 5.97 Å². The molecule has 0 spiro atoms. The second-order valence-electron chi connectivity index (χ2n) is 6.13. The third-order valence-electron chi connectivity index (χ3n) is 3.76. The van der Waals surface area contributed by atoms with E-state index in [0.29, 0.717) is 24.2 Å². The molecule has 0 bridgehead atoms. The number of imidazole rings is 1. The molecule has 0 aliphatic carbocycles. The zero-order valence-electron chi connectivity index (χ0n) is 13.0. The summed E-state index contributed by atoms with van der Waals surface area (Å²) in [5.41, 5.74) is 1.73. The standard InChI is InChI=1S/C16H22N2O3/c1-11-17-13-7-5-6-12(15(19)20)14(13)18(11)10-16(2,3)8-9-21-4/h5-7H,8-10H2,1-4H3,(H,19,20). The van der Waals surface area contributed by atoms with E-state index in [9.17, 15) is 9.90 Å². The van der Waals surface area contributed by atoms with Gasteiger partial charge in [-0.2, -0.15) is 0 Å². The van der Waals surface area contributed by atoms with Crippen LogP contribution in [0.2, 0.25) is 0 Å². The molecule has 2 aromatic rings. The van der Waals surface area contributed by atoms with Crippen molar-refractivity contribution in [2.24, 2.45) is 5.41 Å². The van der Waals surface area contributed by atoms with Gasteiger partial charge in [0.25, 0.3) is 0 Å². The van der Waals surface area contributed by atoms with Crippen LogP contribution in [0, 0.1) is 12.3 Å². The number of rotatable bonds is 6. The fourth-order valence-corrected chi connectivity index (χ4v) is 2.55. The average Bonchev–Trinajstić information content (AvgIpc) is 2.72. The highest BCUT2D eigenvalue weighted by Gasteiger charge is 2.23. The predicted molar refractivity (Wildman–Crippen MR) is 81.7 cm³/mol. The number of carboxylic acids is 1. The molecule has 21 heavy (non-hydrogen) atoms. The Morgan fingerprint density at radius 3 is 2.76 bits per heavy atom. The Bertz CT molecular complexity index is 659. The third kappa shape index (κ3) is 3.24. The second-order valence-corrected chi connectivity index (χ2v) is 6.13. The number of hydrogen-bond acceptors (Lipinski definition) is 3. The minimum absolute atomic E-state index is 0.0000146. The molecule has 114 valence electrons. The van der Waals surface area contributed by atoms with Crippen LogP contribution in [0.4, 0.5) is 0 Å². The molecule has 0 radical (unpaired) electrons. The lowest BCUT2D eigenvalue weighted by molar-refractivity contribution is 0.0698. The second kappa shape index (κ2) is 5.85. The highest BCUT2D eigenvalue weighted by atomic mass is 16.5. The van der Waals surface area contributed by atoms with Crippen LogP contribution in [-0.4, -0.2) is 34.3 Å². The van der Waals surface area contributed by atoms with Gasteiger partial charge in [-0.3, -0.25) is 0 Å². The Morgan fingerprint density at radius 1 is 1.43 bits per heavy atom. The van der Waals surface area contributed by atoms with E-state index in [1.54, 1.807) is 19.2 Å². The van der Waals surface area contributed by atoms with Gasteiger partial charge in [-0.25, -0.2) is 9.78 Å². The number of ether oxygens (including phenoxy) is 1. The summed E-state index contributed by atoms with van der Waals surface area (Å²) in [6.07, 6.45) is 0.901. The summed E-state index contributed by atoms with van der Waals surface area (Å²) >= 11 is 0. The largest absolute Gasteiger partial charge is 0.478 e. The van der Waals surface area contributed by atoms with Crippen molar-refractivity contribution in [2.75, 3.05) is 13.7 Å². The Labute approximate surface area is 124 Å². The highest BCUT2D eigenvalue weighted by molar-refractivity contribution is 6.01. The summed E-state index contributed by atoms with van der Waals surface area (Å²) in [6.45, 7) is 7.62. The maximum atomic E-state index is 11.5. The number of fused-ring (bicyclic) bond motifs is 1. The normalized spacial score (nSPS) is 12.0. The van der Waals surface area contributed by atoms with Crippen LogP contribution in [-0.2, 0) is 11.3 Å². The van der Waals surface area contributed by atoms with E-state index in [0.717, 1.165) is 17.8 Å². The highest BCUT2D eigenvalue weighted by Crippen LogP contribution is 2.28. The van der Waals surface area contributed by atoms with Gasteiger partial charge in [0.15, 0.2) is 0 Å². The fraction of sp³-hybridized carbons (Fsp3) is 0.500. The number of nitrogens with zero attached hydrogens (tertiary/aromatic N) is 2. The molecule has 2 rings (SSSR count). The Kier molecular flexibility index (Phi) is 4.32. The molecule has 1 N–H and O–H groups in total. The van der Waals surface area contributed by atoms with Crippen LogP contribution in [0.3, 0.4) is 0 Å². The number of methoxy groups -OCH3 is 1. The molecule has 0 unspecified atom stereocenters. The van der Waals surface area contributed by atoms with Crippen LogP contribution >= 0.6 is 0 Å². The minimum atomic E-state index is -0.920. The van der Waals surface area contributed by atoms with Crippen molar-refractivity contribution in [1.29, 1.82) is 0 Å². The summed E-state index contributed by atoms with van der Waals surface area (Å²) in [4.78, 5) is 15.9. The van der Waals surface area contributed by atoms with Gasteiger partial charge >= 0.3 is 5.97 Å². The quantitative estimate of drug-likeness (QED) is 0.888. The zero-order valence-corrected chi connectivity index (χ0v) is 13.0. The summed E-state index contributed by atoms with van der Waals surface area (Å²) in [5.74, 6) is -0.0827. The molecule has 1 heterocycles. The topological polar surface area (TPSA) is 64.4 Å². The minimum Gasteiger partial charge on any atom is -0.478 e. The van der Waals surface area contributed by atoms with Crippen LogP contribution in [0.1, 0.15) is 36.5 Å². The molecular weight excluding hydrogens is 268 g/mol. The molecule has 0 aliphatic rings. The summed E-state index contributed by atoms with van der Waals surface area (Å²) < 4.78 is 7.17. The first kappa shape index (κ1) is 15.5. The molecule has 0 fully saturated rings. The smallest absolute Gasteiger partial charge is 0.337 e. The molecule has 5 heteroatoms. The third-order valence-corrected chi connectivity index (χ3v) is 3.76. The molecule has 1 aromatic carbocycles. The van der Waals surface area contributed by atoms with E-state index >= 15 is 0 Å². The monoisotopic (exact) mass is 290 g/mol. The van der Waals surface area contributed by atoms with E-state index in [4.69, 9.17) is 4.74 Å². The molecule has 0 amide bonds. The number of aromatic nitrogens is 2. The number of hydrogen-bond donors (Lipinski definition) is 1. The van der Waals surface area contributed by atoms with Crippen molar-refractivity contribution in [3.05, 3.63) is 29.6 Å². The number of carboxylic acid groups (broad SMARTS) is 1. The summed E-state index contributed by atoms with van der Waals surface area (Å²) in [7, 11) is 1.69. The SMILES string of the molecule is COCCC(C)(C)Cn1c(C)nc2cccc(C(=O)O)c21. The van der Waals surface area contributed by atoms with Gasteiger partial charge in [-0.1, -0.05) is 19.9 Å². The van der Waals surface area contributed by atoms with Crippen molar-refractivity contribution in [2.45, 2.75) is 33.7 Å². The van der Waals surface area contributed by atoms with Crippen LogP contribution in [0.25, 0.3) is 11.0 Å². The maximum Gasteiger partial charge on any atom is 0.337 e. The lowest BCUT2D eigenvalue weighted by Crippen LogP contribution is -2.22. The number of aromatic carboxylic acids is 1. The molecule has 5 nitrogen and oxygen atoms in total. The van der Waals surface area contributed by atoms with E-state index in [1.807, 2.05) is 17.6 Å². The molecule has 0 saturated carbocycles. The van der Waals surface area contributed by atoms with Gasteiger partial charge in [-0.15, -0.1) is 0 Å². The van der Waals surface area contributed by atoms with Crippen molar-refractivity contribution in [1.82, 2.24) is 9.55 Å². The number of aryl methyl sites for hydroxylation is 1. The first-order valence-corrected chi connectivity index (χ1v) is 7.04. The van der Waals surface area contributed by atoms with Crippen molar-refractivity contribution in [3.8, 4) is 0 Å². The van der Waals surface area contributed by atoms with E-state index in [-0.39, 0.29) is 5.41 Å². The van der Waals surface area contributed by atoms with Crippen LogP contribution < -0.4 is 0 Å². The molecular formula is C16H22N2O3. The number of benzene rings is 1. The average molecular weight is 290 g/mol. The lowest BCUT2D eigenvalue weighted by Gasteiger charge is -2.26. The van der Waals surface area contributed by atoms with Crippen molar-refractivity contribution >= 4 is 17.0 Å². The molecule has 1 aromatic heterocycles. The Balaban J connectivity index is 2.48. The first-order valence-electron chi connectivity index (χ1n) is 7.04. The molecule has 0 aliphatic heterocycles. The molecule has 0 atom stereocenters. The first-order chi connectivity index (χ1) is 9.85. The zero-order chi connectivity index (χ0) is 15.6. The fourth-order valence-electron chi connectivity index (χ4n) is 2.55. The Morgan fingerprint density at radius 2 is 2.14 bits per heavy atom. The summed E-state index contributed by atoms with van der Waals surface area (Å²) in [5, 5.41) is 9.40. The van der Waals surface area contributed by atoms with Gasteiger partial charge in [0.2, 0.25) is 0 Å². The summed E-state index contributed by atoms with van der Waals surface area (Å²) in [6, 6.07) is 5.22. The maximum absolute atomic E-state index is 11.5. The van der Waals surface area contributed by atoms with Crippen LogP contribution in [0.15, 0.2) is 18.2 Å². The van der Waals surface area contributed by atoms with Gasteiger partial charge in [0.05, 0.1) is 16.6 Å². The number of para-hydroxylation sites is 1. The van der Waals surface area contributed by atoms with Gasteiger partial charge < -0.3 is 14.4 Å². The van der Waals surface area contributed by atoms with Gasteiger partial charge in [-0.05, 0) is 30.9 Å². The van der Waals surface area contributed by atoms with Gasteiger partial charge in [0, 0.05) is 20.3 Å².